The zero-order valence-electron chi connectivity index (χ0n) is 13.0. The van der Waals surface area contributed by atoms with Gasteiger partial charge < -0.3 is 0 Å². The molecule has 0 saturated carbocycles. The van der Waals surface area contributed by atoms with Gasteiger partial charge in [0.05, 0.1) is 0 Å². The molecule has 0 amide bonds. The molecule has 0 aliphatic heterocycles. The van der Waals surface area contributed by atoms with Crippen LogP contribution in [0.25, 0.3) is 33.0 Å². The van der Waals surface area contributed by atoms with Crippen LogP contribution in [0.5, 0.6) is 0 Å². The van der Waals surface area contributed by atoms with E-state index in [1.54, 1.807) is 0 Å². The van der Waals surface area contributed by atoms with Crippen LogP contribution in [0.2, 0.25) is 0 Å². The predicted molar refractivity (Wildman–Crippen MR) is 97.4 cm³/mol. The number of nitrogens with zero attached hydrogens (tertiary/aromatic N) is 1. The maximum Gasteiger partial charge on any atom is 0.0346 e. The molecule has 0 N–H and O–H groups in total. The fourth-order valence-corrected chi connectivity index (χ4v) is 2.86. The Balaban J connectivity index is 1.70. The number of hydrogen-bond acceptors (Lipinski definition) is 1. The first kappa shape index (κ1) is 13.7. The van der Waals surface area contributed by atoms with E-state index >= 15 is 0 Å². The summed E-state index contributed by atoms with van der Waals surface area (Å²) in [6, 6.07) is 26.0. The zero-order chi connectivity index (χ0) is 15.6. The minimum Gasteiger partial charge on any atom is -0.264 e. The third kappa shape index (κ3) is 2.74. The van der Waals surface area contributed by atoms with E-state index in [4.69, 9.17) is 0 Å². The van der Waals surface area contributed by atoms with Crippen molar-refractivity contribution in [2.75, 3.05) is 0 Å². The Labute approximate surface area is 136 Å². The minimum absolute atomic E-state index is 1.17. The molecule has 0 spiro atoms. The highest BCUT2D eigenvalue weighted by Crippen LogP contribution is 2.27. The van der Waals surface area contributed by atoms with E-state index in [0.717, 1.165) is 0 Å². The third-order valence-corrected chi connectivity index (χ3v) is 4.24. The standard InChI is InChI=1S/C22H17N/c1-16-2-4-17(5-3-16)18-6-8-19(9-7-18)20-10-11-22-15-23-13-12-21(22)14-20/h2-15H,1H3. The topological polar surface area (TPSA) is 12.9 Å². The zero-order valence-corrected chi connectivity index (χ0v) is 13.0. The maximum absolute atomic E-state index is 4.17. The first-order chi connectivity index (χ1) is 11.3. The van der Waals surface area contributed by atoms with Crippen LogP contribution in [-0.4, -0.2) is 4.98 Å². The second-order valence-electron chi connectivity index (χ2n) is 5.88. The van der Waals surface area contributed by atoms with Crippen molar-refractivity contribution >= 4 is 10.8 Å². The van der Waals surface area contributed by atoms with Crippen LogP contribution in [0.1, 0.15) is 5.56 Å². The van der Waals surface area contributed by atoms with E-state index in [9.17, 15) is 0 Å². The summed E-state index contributed by atoms with van der Waals surface area (Å²) < 4.78 is 0. The number of fused-ring (bicyclic) bond motifs is 1. The molecule has 0 saturated heterocycles. The second kappa shape index (κ2) is 5.69. The molecule has 23 heavy (non-hydrogen) atoms. The van der Waals surface area contributed by atoms with Gasteiger partial charge in [0, 0.05) is 17.8 Å². The van der Waals surface area contributed by atoms with Gasteiger partial charge in [0.25, 0.3) is 0 Å². The summed E-state index contributed by atoms with van der Waals surface area (Å²) in [5.41, 5.74) is 6.26. The van der Waals surface area contributed by atoms with E-state index in [1.165, 1.54) is 38.6 Å². The van der Waals surface area contributed by atoms with Gasteiger partial charge in [-0.15, -0.1) is 0 Å². The summed E-state index contributed by atoms with van der Waals surface area (Å²) in [6.45, 7) is 2.11. The Morgan fingerprint density at radius 2 is 1.13 bits per heavy atom. The van der Waals surface area contributed by atoms with E-state index in [1.807, 2.05) is 12.4 Å². The molecule has 4 rings (SSSR count). The summed E-state index contributed by atoms with van der Waals surface area (Å²) in [4.78, 5) is 4.17. The number of rotatable bonds is 2. The van der Waals surface area contributed by atoms with E-state index in [-0.39, 0.29) is 0 Å². The quantitative estimate of drug-likeness (QED) is 0.450. The van der Waals surface area contributed by atoms with E-state index in [0.29, 0.717) is 0 Å². The van der Waals surface area contributed by atoms with Crippen molar-refractivity contribution < 1.29 is 0 Å². The van der Waals surface area contributed by atoms with E-state index < -0.39 is 0 Å². The molecule has 0 unspecified atom stereocenters. The van der Waals surface area contributed by atoms with Gasteiger partial charge in [-0.3, -0.25) is 4.98 Å². The SMILES string of the molecule is Cc1ccc(-c2ccc(-c3ccc4cnccc4c3)cc2)cc1. The van der Waals surface area contributed by atoms with E-state index in [2.05, 4.69) is 84.7 Å². The molecule has 1 heterocycles. The van der Waals surface area contributed by atoms with Crippen molar-refractivity contribution in [3.63, 3.8) is 0 Å². The van der Waals surface area contributed by atoms with Crippen molar-refractivity contribution in [1.82, 2.24) is 4.98 Å². The molecule has 0 atom stereocenters. The number of aromatic nitrogens is 1. The highest BCUT2D eigenvalue weighted by molar-refractivity contribution is 5.86. The van der Waals surface area contributed by atoms with Crippen molar-refractivity contribution in [2.24, 2.45) is 0 Å². The molecule has 1 aromatic heterocycles. The number of benzene rings is 3. The van der Waals surface area contributed by atoms with Crippen LogP contribution in [-0.2, 0) is 0 Å². The Kier molecular flexibility index (Phi) is 3.39. The van der Waals surface area contributed by atoms with Gasteiger partial charge in [-0.25, -0.2) is 0 Å². The number of pyridine rings is 1. The Morgan fingerprint density at radius 3 is 1.83 bits per heavy atom. The highest BCUT2D eigenvalue weighted by atomic mass is 14.6. The molecule has 0 aliphatic carbocycles. The van der Waals surface area contributed by atoms with Crippen molar-refractivity contribution in [3.05, 3.63) is 90.8 Å². The molecule has 4 aromatic rings. The highest BCUT2D eigenvalue weighted by Gasteiger charge is 2.02. The molecule has 0 radical (unpaired) electrons. The molecule has 0 aliphatic rings. The molecule has 3 aromatic carbocycles. The number of aryl methyl sites for hydroxylation is 1. The van der Waals surface area contributed by atoms with Crippen LogP contribution in [0.3, 0.4) is 0 Å². The molecule has 1 nitrogen and oxygen atoms in total. The van der Waals surface area contributed by atoms with Gasteiger partial charge in [-0.05, 0) is 46.7 Å². The van der Waals surface area contributed by atoms with Crippen LogP contribution >= 0.6 is 0 Å². The third-order valence-electron chi connectivity index (χ3n) is 4.24. The van der Waals surface area contributed by atoms with Crippen molar-refractivity contribution in [2.45, 2.75) is 6.92 Å². The lowest BCUT2D eigenvalue weighted by atomic mass is 9.98. The second-order valence-corrected chi connectivity index (χ2v) is 5.88. The minimum atomic E-state index is 1.17. The van der Waals surface area contributed by atoms with Crippen LogP contribution in [0.4, 0.5) is 0 Å². The molecule has 0 fully saturated rings. The predicted octanol–water partition coefficient (Wildman–Crippen LogP) is 5.88. The average molecular weight is 295 g/mol. The van der Waals surface area contributed by atoms with Gasteiger partial charge in [-0.1, -0.05) is 66.2 Å². The van der Waals surface area contributed by atoms with Crippen LogP contribution in [0, 0.1) is 6.92 Å². The van der Waals surface area contributed by atoms with Gasteiger partial charge in [-0.2, -0.15) is 0 Å². The monoisotopic (exact) mass is 295 g/mol. The lowest BCUT2D eigenvalue weighted by molar-refractivity contribution is 1.36. The maximum atomic E-state index is 4.17. The van der Waals surface area contributed by atoms with Gasteiger partial charge in [0.1, 0.15) is 0 Å². The molecular formula is C22H17N. The molecule has 110 valence electrons. The first-order valence-electron chi connectivity index (χ1n) is 7.81. The molecule has 0 bridgehead atoms. The summed E-state index contributed by atoms with van der Waals surface area (Å²) in [5.74, 6) is 0. The average Bonchev–Trinajstić information content (AvgIpc) is 2.62. The summed E-state index contributed by atoms with van der Waals surface area (Å²) in [6.07, 6.45) is 3.74. The molecular weight excluding hydrogens is 278 g/mol. The Hall–Kier alpha value is -2.93. The smallest absolute Gasteiger partial charge is 0.0346 e. The summed E-state index contributed by atoms with van der Waals surface area (Å²) in [5, 5.41) is 2.40. The lowest BCUT2D eigenvalue weighted by Gasteiger charge is -2.07. The Bertz CT molecular complexity index is 951. The summed E-state index contributed by atoms with van der Waals surface area (Å²) in [7, 11) is 0. The fraction of sp³-hybridized carbons (Fsp3) is 0.0455. The van der Waals surface area contributed by atoms with Crippen LogP contribution in [0.15, 0.2) is 85.2 Å². The summed E-state index contributed by atoms with van der Waals surface area (Å²) >= 11 is 0. The fourth-order valence-electron chi connectivity index (χ4n) is 2.86. The van der Waals surface area contributed by atoms with Gasteiger partial charge >= 0.3 is 0 Å². The number of hydrogen-bond donors (Lipinski definition) is 0. The largest absolute Gasteiger partial charge is 0.264 e. The van der Waals surface area contributed by atoms with Crippen LogP contribution < -0.4 is 0 Å². The first-order valence-corrected chi connectivity index (χ1v) is 7.81. The van der Waals surface area contributed by atoms with Crippen molar-refractivity contribution in [3.8, 4) is 22.3 Å². The molecule has 1 heteroatoms. The normalized spacial score (nSPS) is 10.8. The van der Waals surface area contributed by atoms with Gasteiger partial charge in [0.2, 0.25) is 0 Å². The Morgan fingerprint density at radius 1 is 0.565 bits per heavy atom. The van der Waals surface area contributed by atoms with Crippen molar-refractivity contribution in [1.29, 1.82) is 0 Å². The lowest BCUT2D eigenvalue weighted by Crippen LogP contribution is -1.82. The van der Waals surface area contributed by atoms with Gasteiger partial charge in [0.15, 0.2) is 0 Å².